The van der Waals surface area contributed by atoms with Crippen molar-refractivity contribution in [2.75, 3.05) is 13.1 Å². The molecule has 450 valence electrons. The van der Waals surface area contributed by atoms with Gasteiger partial charge >= 0.3 is 0 Å². The van der Waals surface area contributed by atoms with Gasteiger partial charge in [0.25, 0.3) is 0 Å². The van der Waals surface area contributed by atoms with Crippen molar-refractivity contribution < 1.29 is 34.1 Å². The van der Waals surface area contributed by atoms with Crippen molar-refractivity contribution in [3.05, 3.63) is 159 Å². The Morgan fingerprint density at radius 2 is 1.06 bits per heavy atom. The number of β-amino-alcohol motifs (C(OH)–C–C–N with tert-alkyl or cyclic N) is 2. The molecule has 0 saturated carbocycles. The maximum atomic E-state index is 14.1. The number of aliphatic hydroxyl groups is 2. The number of hydrogen-bond donors (Lipinski definition) is 4. The zero-order valence-corrected chi connectivity index (χ0v) is 53.0. The lowest BCUT2D eigenvalue weighted by atomic mass is 9.82. The highest BCUT2D eigenvalue weighted by Gasteiger charge is 2.47. The van der Waals surface area contributed by atoms with Crippen LogP contribution in [0.15, 0.2) is 109 Å². The van der Waals surface area contributed by atoms with Gasteiger partial charge in [0, 0.05) is 80.2 Å². The van der Waals surface area contributed by atoms with Crippen molar-refractivity contribution >= 4 is 57.7 Å². The second-order valence-electron chi connectivity index (χ2n) is 25.8. The maximum absolute atomic E-state index is 14.1. The van der Waals surface area contributed by atoms with Crippen LogP contribution in [0.3, 0.4) is 0 Å². The fourth-order valence-corrected chi connectivity index (χ4v) is 14.0. The lowest BCUT2D eigenvalue weighted by Crippen LogP contribution is -2.54. The number of thiazole rings is 2. The third kappa shape index (κ3) is 13.6. The number of aryl methyl sites for hydroxylation is 2. The van der Waals surface area contributed by atoms with E-state index in [1.807, 2.05) is 133 Å². The number of carbonyl (C=O) groups is 4. The van der Waals surface area contributed by atoms with Crippen LogP contribution in [0.4, 0.5) is 0 Å². The van der Waals surface area contributed by atoms with E-state index in [-0.39, 0.29) is 73.4 Å². The number of amides is 4. The molecule has 2 saturated heterocycles. The topological polar surface area (TPSA) is 181 Å². The molecule has 4 aliphatic heterocycles. The normalized spacial score (nSPS) is 19.2. The molecule has 6 heterocycles. The van der Waals surface area contributed by atoms with Crippen LogP contribution in [0.25, 0.3) is 32.3 Å². The first-order valence-electron chi connectivity index (χ1n) is 29.6. The van der Waals surface area contributed by atoms with Crippen molar-refractivity contribution in [3.8, 4) is 26.6 Å². The number of ether oxygens (including phenoxy) is 1. The van der Waals surface area contributed by atoms with E-state index in [1.54, 1.807) is 32.5 Å². The Kier molecular flexibility index (Phi) is 18.6. The first kappa shape index (κ1) is 62.4. The molecule has 4 N–H and O–H groups in total. The molecule has 0 radical (unpaired) electrons. The smallest absolute Gasteiger partial charge is 0.246 e. The van der Waals surface area contributed by atoms with Crippen molar-refractivity contribution in [1.82, 2.24) is 40.2 Å². The number of fused-ring (bicyclic) bond motifs is 2. The van der Waals surface area contributed by atoms with Crippen molar-refractivity contribution in [2.45, 2.75) is 169 Å². The summed E-state index contributed by atoms with van der Waals surface area (Å²) in [5, 5.41) is 27.4. The largest absolute Gasteiger partial charge is 0.488 e. The molecule has 85 heavy (non-hydrogen) atoms. The van der Waals surface area contributed by atoms with Gasteiger partial charge in [0.05, 0.1) is 44.4 Å². The minimum absolute atomic E-state index is 0.0138. The zero-order chi connectivity index (χ0) is 61.4. The van der Waals surface area contributed by atoms with Crippen molar-refractivity contribution in [3.63, 3.8) is 0 Å². The Morgan fingerprint density at radius 3 is 1.46 bits per heavy atom. The quantitative estimate of drug-likeness (QED) is 0.0768. The predicted molar refractivity (Wildman–Crippen MR) is 339 cm³/mol. The molecule has 0 aliphatic carbocycles. The van der Waals surface area contributed by atoms with E-state index in [4.69, 9.17) is 4.74 Å². The van der Waals surface area contributed by atoms with Crippen molar-refractivity contribution in [2.24, 2.45) is 11.8 Å². The van der Waals surface area contributed by atoms with E-state index in [0.717, 1.165) is 82.6 Å². The molecule has 15 nitrogen and oxygen atoms in total. The second-order valence-corrected chi connectivity index (χ2v) is 27.5. The van der Waals surface area contributed by atoms with E-state index in [0.29, 0.717) is 25.4 Å². The molecule has 2 aromatic heterocycles. The van der Waals surface area contributed by atoms with Crippen molar-refractivity contribution in [1.29, 1.82) is 0 Å². The molecular formula is C68H84N8O7S2. The number of benzene rings is 4. The number of aromatic nitrogens is 2. The fourth-order valence-electron chi connectivity index (χ4n) is 12.4. The summed E-state index contributed by atoms with van der Waals surface area (Å²) in [4.78, 5) is 73.8. The van der Waals surface area contributed by atoms with Crippen LogP contribution < -0.4 is 15.4 Å². The number of carbonyl (C=O) groups excluding carboxylic acids is 4. The predicted octanol–water partition coefficient (Wildman–Crippen LogP) is 10.9. The van der Waals surface area contributed by atoms with Gasteiger partial charge in [0.15, 0.2) is 0 Å². The van der Waals surface area contributed by atoms with E-state index in [2.05, 4.69) is 89.8 Å². The maximum Gasteiger partial charge on any atom is 0.246 e. The summed E-state index contributed by atoms with van der Waals surface area (Å²) in [6, 6.07) is 26.0. The summed E-state index contributed by atoms with van der Waals surface area (Å²) in [7, 11) is 0. The first-order chi connectivity index (χ1) is 40.2. The highest BCUT2D eigenvalue weighted by molar-refractivity contribution is 7.13. The second kappa shape index (κ2) is 25.4. The van der Waals surface area contributed by atoms with Gasteiger partial charge in [0.1, 0.15) is 35.5 Å². The van der Waals surface area contributed by atoms with Crippen LogP contribution in [-0.2, 0) is 50.8 Å². The minimum Gasteiger partial charge on any atom is -0.488 e. The highest BCUT2D eigenvalue weighted by atomic mass is 32.1. The summed E-state index contributed by atoms with van der Waals surface area (Å²) >= 11 is 3.20. The molecule has 0 unspecified atom stereocenters. The van der Waals surface area contributed by atoms with Gasteiger partial charge in [-0.3, -0.25) is 19.2 Å². The Hall–Kier alpha value is -7.18. The molecule has 2 fully saturated rings. The standard InChI is InChI=1S/C34H42N4O4S.C34H42N4O3S/c1-20(2)30(37-17-25-10-8-9-11-27(25)22(37)4)33(41)38-18-26(39)15-28(38)32(40)35-16-24-13-12-23(31-21(3)36-19-43-31)14-29(24)42-34(5,6)7;1-20(2)30(37-17-25-10-8-9-11-27(25)22(37)4)33(41)38-18-26(39)15-29(38)32(40)35-16-24-13-12-23(14-28(24)34(5,6)7)31-21(3)36-19-42-31/h8-14,19-20,26,28,30,39H,4,15-18H2,1-3,5-7H3,(H,35,40);8-14,19-20,26,29-30,39H,4,15-18H2,1-3,5-7H3,(H,35,40)/t26-,28+,30+;26-,29+,30+/m11/s1. The van der Waals surface area contributed by atoms with Crippen LogP contribution in [0.2, 0.25) is 0 Å². The molecule has 17 heteroatoms. The van der Waals surface area contributed by atoms with Gasteiger partial charge in [-0.2, -0.15) is 0 Å². The van der Waals surface area contributed by atoms with E-state index < -0.39 is 42.0 Å². The molecule has 0 spiro atoms. The third-order valence-electron chi connectivity index (χ3n) is 16.5. The van der Waals surface area contributed by atoms with Crippen LogP contribution in [0.5, 0.6) is 5.75 Å². The Morgan fingerprint density at radius 1 is 0.635 bits per heavy atom. The summed E-state index contributed by atoms with van der Waals surface area (Å²) in [6.07, 6.45) is -1.10. The molecule has 4 aliphatic rings. The number of likely N-dealkylation sites (tertiary alicyclic amines) is 2. The molecular weight excluding hydrogens is 1100 g/mol. The number of nitrogens with zero attached hydrogens (tertiary/aromatic N) is 6. The molecule has 4 amide bonds. The van der Waals surface area contributed by atoms with E-state index in [1.165, 1.54) is 0 Å². The van der Waals surface area contributed by atoms with Gasteiger partial charge < -0.3 is 45.2 Å². The lowest BCUT2D eigenvalue weighted by Gasteiger charge is -2.36. The van der Waals surface area contributed by atoms with Gasteiger partial charge in [0.2, 0.25) is 23.6 Å². The Labute approximate surface area is 509 Å². The number of rotatable bonds is 15. The van der Waals surface area contributed by atoms with Crippen LogP contribution in [-0.4, -0.2) is 118 Å². The minimum atomic E-state index is -0.770. The van der Waals surface area contributed by atoms with E-state index in [9.17, 15) is 29.4 Å². The Balaban J connectivity index is 0.000000204. The van der Waals surface area contributed by atoms with Crippen LogP contribution >= 0.6 is 22.7 Å². The Bertz CT molecular complexity index is 3480. The monoisotopic (exact) mass is 1190 g/mol. The lowest BCUT2D eigenvalue weighted by molar-refractivity contribution is -0.143. The molecule has 6 atom stereocenters. The number of nitrogens with one attached hydrogen (secondary N) is 2. The highest BCUT2D eigenvalue weighted by Crippen LogP contribution is 2.40. The van der Waals surface area contributed by atoms with Crippen LogP contribution in [0.1, 0.15) is 132 Å². The molecule has 10 rings (SSSR count). The summed E-state index contributed by atoms with van der Waals surface area (Å²) in [6.45, 7) is 35.1. The van der Waals surface area contributed by atoms with Gasteiger partial charge in [-0.1, -0.05) is 134 Å². The summed E-state index contributed by atoms with van der Waals surface area (Å²) in [5.41, 5.74) is 16.2. The molecule has 0 bridgehead atoms. The number of aliphatic hydroxyl groups excluding tert-OH is 2. The fraction of sp³-hybridized carbons (Fsp3) is 0.441. The first-order valence-corrected chi connectivity index (χ1v) is 31.3. The number of hydrogen-bond acceptors (Lipinski definition) is 13. The SMILES string of the molecule is C=C1c2ccccc2CN1[C@H](C(=O)N1C[C@H](O)C[C@H]1C(=O)NCc1ccc(-c2scnc2C)cc1C(C)(C)C)C(C)C.C=C1c2ccccc2CN1[C@H](C(=O)N1C[C@H](O)C[C@H]1C(=O)NCc1ccc(-c2scnc2C)cc1OC(C)(C)C)C(C)C. The van der Waals surface area contributed by atoms with Gasteiger partial charge in [-0.05, 0) is 97.4 Å². The zero-order valence-electron chi connectivity index (χ0n) is 51.4. The van der Waals surface area contributed by atoms with Gasteiger partial charge in [-0.15, -0.1) is 22.7 Å². The average molecular weight is 1190 g/mol. The van der Waals surface area contributed by atoms with E-state index >= 15 is 0 Å². The third-order valence-corrected chi connectivity index (χ3v) is 18.5. The van der Waals surface area contributed by atoms with Crippen LogP contribution in [0, 0.1) is 25.7 Å². The van der Waals surface area contributed by atoms with Gasteiger partial charge in [-0.25, -0.2) is 9.97 Å². The summed E-state index contributed by atoms with van der Waals surface area (Å²) in [5.74, 6) is -0.201. The molecule has 4 aromatic carbocycles. The average Bonchev–Trinajstić information content (AvgIpc) is 2.10. The molecule has 6 aromatic rings. The summed E-state index contributed by atoms with van der Waals surface area (Å²) < 4.78 is 6.31.